The lowest BCUT2D eigenvalue weighted by Crippen LogP contribution is -2.39. The molecule has 4 nitrogen and oxygen atoms in total. The van der Waals surface area contributed by atoms with Gasteiger partial charge in [0.1, 0.15) is 16.3 Å². The maximum atomic E-state index is 13.1. The third kappa shape index (κ3) is 3.04. The molecular formula is C22H24N2O2S. The summed E-state index contributed by atoms with van der Waals surface area (Å²) in [5.41, 5.74) is 1.90. The van der Waals surface area contributed by atoms with Gasteiger partial charge in [0.15, 0.2) is 0 Å². The Balaban J connectivity index is 1.44. The van der Waals surface area contributed by atoms with Gasteiger partial charge in [0.25, 0.3) is 5.91 Å². The molecule has 2 aromatic heterocycles. The standard InChI is InChI=1S/C22H24N2O2S/c1-26-18-4-2-3-15(10-18)13-24-20(12-17-7-8-27-22(17)24)21(25)23-19-11-14-5-6-16(19)9-14/h2-4,7-8,10,12,14,16,19H,5-6,9,11,13H2,1H3,(H,23,25). The van der Waals surface area contributed by atoms with E-state index in [2.05, 4.69) is 27.4 Å². The lowest BCUT2D eigenvalue weighted by molar-refractivity contribution is 0.0914. The largest absolute Gasteiger partial charge is 0.497 e. The number of benzene rings is 1. The molecule has 3 aromatic rings. The average molecular weight is 381 g/mol. The van der Waals surface area contributed by atoms with Crippen molar-refractivity contribution in [3.05, 3.63) is 53.0 Å². The molecule has 3 atom stereocenters. The van der Waals surface area contributed by atoms with Crippen molar-refractivity contribution >= 4 is 27.5 Å². The predicted molar refractivity (Wildman–Crippen MR) is 109 cm³/mol. The van der Waals surface area contributed by atoms with E-state index in [9.17, 15) is 4.79 Å². The number of fused-ring (bicyclic) bond motifs is 3. The summed E-state index contributed by atoms with van der Waals surface area (Å²) in [6.07, 6.45) is 5.07. The van der Waals surface area contributed by atoms with Crippen LogP contribution in [0.15, 0.2) is 41.8 Å². The smallest absolute Gasteiger partial charge is 0.268 e. The molecule has 27 heavy (non-hydrogen) atoms. The van der Waals surface area contributed by atoms with Crippen molar-refractivity contribution in [2.24, 2.45) is 11.8 Å². The van der Waals surface area contributed by atoms with Gasteiger partial charge in [0.05, 0.1) is 7.11 Å². The maximum Gasteiger partial charge on any atom is 0.268 e. The first-order chi connectivity index (χ1) is 13.2. The molecule has 1 amide bonds. The highest BCUT2D eigenvalue weighted by molar-refractivity contribution is 7.16. The second-order valence-corrected chi connectivity index (χ2v) is 8.80. The van der Waals surface area contributed by atoms with Crippen LogP contribution in [0.2, 0.25) is 0 Å². The molecule has 2 aliphatic rings. The summed E-state index contributed by atoms with van der Waals surface area (Å²) < 4.78 is 7.51. The number of thiophene rings is 1. The van der Waals surface area contributed by atoms with Gasteiger partial charge in [-0.15, -0.1) is 11.3 Å². The Morgan fingerprint density at radius 3 is 2.96 bits per heavy atom. The highest BCUT2D eigenvalue weighted by Gasteiger charge is 2.40. The minimum absolute atomic E-state index is 0.0684. The first kappa shape index (κ1) is 16.9. The van der Waals surface area contributed by atoms with E-state index in [4.69, 9.17) is 4.74 Å². The van der Waals surface area contributed by atoms with Crippen molar-refractivity contribution in [1.82, 2.24) is 9.88 Å². The van der Waals surface area contributed by atoms with Crippen molar-refractivity contribution < 1.29 is 9.53 Å². The fourth-order valence-corrected chi connectivity index (χ4v) is 5.83. The quantitative estimate of drug-likeness (QED) is 0.698. The second-order valence-electron chi connectivity index (χ2n) is 7.90. The SMILES string of the molecule is COc1cccc(Cn2c(C(=O)NC3CC4CCC3C4)cc3ccsc32)c1. The highest BCUT2D eigenvalue weighted by Crippen LogP contribution is 2.44. The summed E-state index contributed by atoms with van der Waals surface area (Å²) in [6, 6.07) is 12.6. The monoisotopic (exact) mass is 380 g/mol. The molecule has 5 rings (SSSR count). The van der Waals surface area contributed by atoms with Crippen molar-refractivity contribution in [3.63, 3.8) is 0 Å². The summed E-state index contributed by atoms with van der Waals surface area (Å²) in [5, 5.41) is 6.57. The van der Waals surface area contributed by atoms with E-state index in [1.165, 1.54) is 19.3 Å². The van der Waals surface area contributed by atoms with Gasteiger partial charge in [-0.25, -0.2) is 0 Å². The van der Waals surface area contributed by atoms with Crippen LogP contribution in [0, 0.1) is 11.8 Å². The highest BCUT2D eigenvalue weighted by atomic mass is 32.1. The van der Waals surface area contributed by atoms with Crippen molar-refractivity contribution in [2.45, 2.75) is 38.3 Å². The summed E-state index contributed by atoms with van der Waals surface area (Å²) >= 11 is 1.69. The Hall–Kier alpha value is -2.27. The first-order valence-corrected chi connectivity index (χ1v) is 10.6. The minimum Gasteiger partial charge on any atom is -0.497 e. The second kappa shape index (κ2) is 6.71. The number of carbonyl (C=O) groups excluding carboxylic acids is 1. The molecule has 2 aliphatic carbocycles. The van der Waals surface area contributed by atoms with E-state index in [0.717, 1.165) is 39.6 Å². The van der Waals surface area contributed by atoms with E-state index in [1.807, 2.05) is 24.3 Å². The van der Waals surface area contributed by atoms with E-state index in [1.54, 1.807) is 18.4 Å². The molecule has 2 saturated carbocycles. The van der Waals surface area contributed by atoms with Gasteiger partial charge in [-0.05, 0) is 66.3 Å². The van der Waals surface area contributed by atoms with Crippen LogP contribution in [0.4, 0.5) is 0 Å². The van der Waals surface area contributed by atoms with Crippen LogP contribution in [0.3, 0.4) is 0 Å². The number of methoxy groups -OCH3 is 1. The van der Waals surface area contributed by atoms with Gasteiger partial charge in [-0.3, -0.25) is 4.79 Å². The normalized spacial score (nSPS) is 23.8. The lowest BCUT2D eigenvalue weighted by Gasteiger charge is -2.23. The van der Waals surface area contributed by atoms with Gasteiger partial charge in [0, 0.05) is 18.0 Å². The molecule has 1 aromatic carbocycles. The van der Waals surface area contributed by atoms with Crippen LogP contribution in [-0.4, -0.2) is 23.6 Å². The number of nitrogens with zero attached hydrogens (tertiary/aromatic N) is 1. The van der Waals surface area contributed by atoms with Crippen molar-refractivity contribution in [3.8, 4) is 5.75 Å². The number of carbonyl (C=O) groups is 1. The first-order valence-electron chi connectivity index (χ1n) is 9.72. The molecule has 0 saturated heterocycles. The zero-order valence-electron chi connectivity index (χ0n) is 15.5. The van der Waals surface area contributed by atoms with Crippen LogP contribution < -0.4 is 10.1 Å². The van der Waals surface area contributed by atoms with Gasteiger partial charge in [-0.2, -0.15) is 0 Å². The third-order valence-corrected chi connectivity index (χ3v) is 7.22. The number of rotatable bonds is 5. The molecule has 2 heterocycles. The Morgan fingerprint density at radius 1 is 1.26 bits per heavy atom. The van der Waals surface area contributed by atoms with E-state index in [-0.39, 0.29) is 5.91 Å². The van der Waals surface area contributed by atoms with Crippen LogP contribution in [0.1, 0.15) is 41.7 Å². The number of hydrogen-bond acceptors (Lipinski definition) is 3. The molecule has 1 N–H and O–H groups in total. The molecule has 2 bridgehead atoms. The van der Waals surface area contributed by atoms with E-state index in [0.29, 0.717) is 18.5 Å². The zero-order chi connectivity index (χ0) is 18.4. The maximum absolute atomic E-state index is 13.1. The van der Waals surface area contributed by atoms with Crippen molar-refractivity contribution in [2.75, 3.05) is 7.11 Å². The molecule has 0 radical (unpaired) electrons. The topological polar surface area (TPSA) is 43.3 Å². The third-order valence-electron chi connectivity index (χ3n) is 6.26. The molecule has 5 heteroatoms. The average Bonchev–Trinajstić information content (AvgIpc) is 3.44. The lowest BCUT2D eigenvalue weighted by atomic mass is 9.95. The summed E-state index contributed by atoms with van der Waals surface area (Å²) in [5.74, 6) is 2.42. The van der Waals surface area contributed by atoms with Gasteiger partial charge in [-0.1, -0.05) is 18.6 Å². The number of aromatic nitrogens is 1. The Bertz CT molecular complexity index is 989. The fourth-order valence-electron chi connectivity index (χ4n) is 4.94. The number of nitrogens with one attached hydrogen (secondary N) is 1. The van der Waals surface area contributed by atoms with Crippen molar-refractivity contribution in [1.29, 1.82) is 0 Å². The molecule has 0 spiro atoms. The number of amides is 1. The molecule has 0 aliphatic heterocycles. The summed E-state index contributed by atoms with van der Waals surface area (Å²) in [4.78, 5) is 14.3. The fraction of sp³-hybridized carbons (Fsp3) is 0.409. The summed E-state index contributed by atoms with van der Waals surface area (Å²) in [7, 11) is 1.68. The number of ether oxygens (including phenoxy) is 1. The Labute approximate surface area is 163 Å². The zero-order valence-corrected chi connectivity index (χ0v) is 16.3. The van der Waals surface area contributed by atoms with Crippen LogP contribution in [0.5, 0.6) is 5.75 Å². The molecule has 3 unspecified atom stereocenters. The van der Waals surface area contributed by atoms with E-state index < -0.39 is 0 Å². The van der Waals surface area contributed by atoms with Gasteiger partial charge >= 0.3 is 0 Å². The van der Waals surface area contributed by atoms with Crippen LogP contribution >= 0.6 is 11.3 Å². The molecule has 2 fully saturated rings. The van der Waals surface area contributed by atoms with Crippen LogP contribution in [0.25, 0.3) is 10.2 Å². The summed E-state index contributed by atoms with van der Waals surface area (Å²) in [6.45, 7) is 0.667. The molecular weight excluding hydrogens is 356 g/mol. The predicted octanol–water partition coefficient (Wildman–Crippen LogP) is 4.68. The number of hydrogen-bond donors (Lipinski definition) is 1. The van der Waals surface area contributed by atoms with E-state index >= 15 is 0 Å². The van der Waals surface area contributed by atoms with Gasteiger partial charge < -0.3 is 14.6 Å². The van der Waals surface area contributed by atoms with Gasteiger partial charge in [0.2, 0.25) is 0 Å². The Kier molecular flexibility index (Phi) is 4.20. The minimum atomic E-state index is 0.0684. The Morgan fingerprint density at radius 2 is 2.19 bits per heavy atom. The molecule has 140 valence electrons. The van der Waals surface area contributed by atoms with Crippen LogP contribution in [-0.2, 0) is 6.54 Å².